The SMILES string of the molecule is CC(C)(C)OC(=O)N1CCC(n2nc(C(F)(F)F)cc2N)CC1. The molecule has 1 saturated heterocycles. The molecule has 0 unspecified atom stereocenters. The van der Waals surface area contributed by atoms with Crippen LogP contribution >= 0.6 is 0 Å². The highest BCUT2D eigenvalue weighted by Crippen LogP contribution is 2.32. The Kier molecular flexibility index (Phi) is 4.50. The van der Waals surface area contributed by atoms with Crippen LogP contribution in [-0.4, -0.2) is 39.5 Å². The number of nitrogens with zero attached hydrogens (tertiary/aromatic N) is 3. The Hall–Kier alpha value is -1.93. The third-order valence-electron chi connectivity index (χ3n) is 3.52. The number of anilines is 1. The number of ether oxygens (including phenoxy) is 1. The second kappa shape index (κ2) is 5.93. The summed E-state index contributed by atoms with van der Waals surface area (Å²) in [7, 11) is 0. The van der Waals surface area contributed by atoms with E-state index >= 15 is 0 Å². The number of piperidine rings is 1. The van der Waals surface area contributed by atoms with E-state index in [2.05, 4.69) is 5.10 Å². The predicted octanol–water partition coefficient (Wildman–Crippen LogP) is 3.06. The number of halogens is 3. The van der Waals surface area contributed by atoms with E-state index < -0.39 is 23.6 Å². The largest absolute Gasteiger partial charge is 0.444 e. The van der Waals surface area contributed by atoms with Gasteiger partial charge in [0, 0.05) is 19.2 Å². The summed E-state index contributed by atoms with van der Waals surface area (Å²) in [6.45, 7) is 6.11. The normalized spacial score (nSPS) is 17.4. The molecular weight excluding hydrogens is 313 g/mol. The molecule has 1 fully saturated rings. The van der Waals surface area contributed by atoms with Crippen LogP contribution in [0.5, 0.6) is 0 Å². The van der Waals surface area contributed by atoms with Crippen LogP contribution in [0.25, 0.3) is 0 Å². The Labute approximate surface area is 132 Å². The molecule has 6 nitrogen and oxygen atoms in total. The zero-order valence-corrected chi connectivity index (χ0v) is 13.4. The molecule has 0 bridgehead atoms. The fourth-order valence-electron chi connectivity index (χ4n) is 2.46. The first kappa shape index (κ1) is 17.4. The summed E-state index contributed by atoms with van der Waals surface area (Å²) in [5, 5.41) is 3.57. The smallest absolute Gasteiger partial charge is 0.435 e. The second-order valence-corrected chi connectivity index (χ2v) is 6.60. The van der Waals surface area contributed by atoms with Gasteiger partial charge in [0.05, 0.1) is 6.04 Å². The third kappa shape index (κ3) is 4.29. The molecule has 1 aromatic rings. The Morgan fingerprint density at radius 2 is 1.87 bits per heavy atom. The minimum Gasteiger partial charge on any atom is -0.444 e. The van der Waals surface area contributed by atoms with E-state index in [1.807, 2.05) is 0 Å². The first-order valence-electron chi connectivity index (χ1n) is 7.37. The zero-order valence-electron chi connectivity index (χ0n) is 13.4. The highest BCUT2D eigenvalue weighted by atomic mass is 19.4. The van der Waals surface area contributed by atoms with Crippen molar-refractivity contribution in [1.29, 1.82) is 0 Å². The number of amides is 1. The molecule has 1 amide bonds. The number of rotatable bonds is 1. The Bertz CT molecular complexity index is 570. The highest BCUT2D eigenvalue weighted by molar-refractivity contribution is 5.68. The minimum atomic E-state index is -4.52. The first-order valence-corrected chi connectivity index (χ1v) is 7.37. The maximum absolute atomic E-state index is 12.7. The number of hydrogen-bond donors (Lipinski definition) is 1. The molecule has 0 saturated carbocycles. The van der Waals surface area contributed by atoms with Crippen LogP contribution in [0.3, 0.4) is 0 Å². The number of aromatic nitrogens is 2. The zero-order chi connectivity index (χ0) is 17.4. The molecule has 2 N–H and O–H groups in total. The van der Waals surface area contributed by atoms with Crippen molar-refractivity contribution in [2.45, 2.75) is 51.4 Å². The van der Waals surface area contributed by atoms with Crippen LogP contribution in [-0.2, 0) is 10.9 Å². The van der Waals surface area contributed by atoms with Crippen molar-refractivity contribution in [2.24, 2.45) is 0 Å². The molecule has 0 radical (unpaired) electrons. The molecule has 2 heterocycles. The number of likely N-dealkylation sites (tertiary alicyclic amines) is 1. The number of nitrogen functional groups attached to an aromatic ring is 1. The Balaban J connectivity index is 2.00. The Morgan fingerprint density at radius 3 is 2.30 bits per heavy atom. The van der Waals surface area contributed by atoms with E-state index in [1.165, 1.54) is 4.68 Å². The molecule has 0 spiro atoms. The summed E-state index contributed by atoms with van der Waals surface area (Å²) in [5.74, 6) is -0.0203. The molecule has 0 aromatic carbocycles. The van der Waals surface area contributed by atoms with Gasteiger partial charge >= 0.3 is 12.3 Å². The topological polar surface area (TPSA) is 73.4 Å². The molecule has 0 aliphatic carbocycles. The van der Waals surface area contributed by atoms with E-state index in [4.69, 9.17) is 10.5 Å². The second-order valence-electron chi connectivity index (χ2n) is 6.60. The van der Waals surface area contributed by atoms with Gasteiger partial charge in [-0.3, -0.25) is 0 Å². The highest BCUT2D eigenvalue weighted by Gasteiger charge is 2.36. The van der Waals surface area contributed by atoms with Crippen LogP contribution in [0.1, 0.15) is 45.3 Å². The summed E-state index contributed by atoms with van der Waals surface area (Å²) in [6, 6.07) is 0.574. The lowest BCUT2D eigenvalue weighted by Crippen LogP contribution is -2.42. The summed E-state index contributed by atoms with van der Waals surface area (Å²) < 4.78 is 44.5. The average Bonchev–Trinajstić information content (AvgIpc) is 2.79. The standard InChI is InChI=1S/C14H21F3N4O2/c1-13(2,3)23-12(22)20-6-4-9(5-7-20)21-11(18)8-10(19-21)14(15,16)17/h8-9H,4-7,18H2,1-3H3. The summed E-state index contributed by atoms with van der Waals surface area (Å²) in [6.07, 6.45) is -3.98. The van der Waals surface area contributed by atoms with Gasteiger partial charge in [0.25, 0.3) is 0 Å². The van der Waals surface area contributed by atoms with E-state index in [0.717, 1.165) is 6.07 Å². The van der Waals surface area contributed by atoms with E-state index in [9.17, 15) is 18.0 Å². The van der Waals surface area contributed by atoms with Crippen molar-refractivity contribution >= 4 is 11.9 Å². The van der Waals surface area contributed by atoms with Crippen LogP contribution in [0.15, 0.2) is 6.07 Å². The third-order valence-corrected chi connectivity index (χ3v) is 3.52. The van der Waals surface area contributed by atoms with Crippen molar-refractivity contribution in [1.82, 2.24) is 14.7 Å². The van der Waals surface area contributed by atoms with E-state index in [0.29, 0.717) is 25.9 Å². The molecule has 0 atom stereocenters. The predicted molar refractivity (Wildman–Crippen MR) is 77.7 cm³/mol. The van der Waals surface area contributed by atoms with E-state index in [1.54, 1.807) is 25.7 Å². The summed E-state index contributed by atoms with van der Waals surface area (Å²) in [4.78, 5) is 13.5. The minimum absolute atomic E-state index is 0.0203. The lowest BCUT2D eigenvalue weighted by molar-refractivity contribution is -0.141. The van der Waals surface area contributed by atoms with Crippen LogP contribution in [0.2, 0.25) is 0 Å². The summed E-state index contributed by atoms with van der Waals surface area (Å²) >= 11 is 0. The maximum Gasteiger partial charge on any atom is 0.435 e. The van der Waals surface area contributed by atoms with Gasteiger partial charge in [-0.2, -0.15) is 18.3 Å². The first-order chi connectivity index (χ1) is 10.5. The number of alkyl halides is 3. The fraction of sp³-hybridized carbons (Fsp3) is 0.714. The average molecular weight is 334 g/mol. The van der Waals surface area contributed by atoms with Gasteiger partial charge in [0.15, 0.2) is 5.69 Å². The van der Waals surface area contributed by atoms with Gasteiger partial charge in [-0.15, -0.1) is 0 Å². The van der Waals surface area contributed by atoms with Gasteiger partial charge in [0.1, 0.15) is 11.4 Å². The molecule has 1 aliphatic heterocycles. The molecule has 9 heteroatoms. The molecular formula is C14H21F3N4O2. The van der Waals surface area contributed by atoms with Gasteiger partial charge in [-0.25, -0.2) is 9.48 Å². The molecule has 130 valence electrons. The summed E-state index contributed by atoms with van der Waals surface area (Å²) in [5.41, 5.74) is 4.06. The molecule has 1 aliphatic rings. The van der Waals surface area contributed by atoms with Crippen LogP contribution < -0.4 is 5.73 Å². The van der Waals surface area contributed by atoms with Gasteiger partial charge in [-0.1, -0.05) is 0 Å². The van der Waals surface area contributed by atoms with Crippen molar-refractivity contribution in [3.05, 3.63) is 11.8 Å². The van der Waals surface area contributed by atoms with Crippen molar-refractivity contribution in [3.63, 3.8) is 0 Å². The lowest BCUT2D eigenvalue weighted by atomic mass is 10.1. The number of carbonyl (C=O) groups is 1. The fourth-order valence-corrected chi connectivity index (χ4v) is 2.46. The quantitative estimate of drug-likeness (QED) is 0.857. The van der Waals surface area contributed by atoms with Gasteiger partial charge in [-0.05, 0) is 33.6 Å². The Morgan fingerprint density at radius 1 is 1.30 bits per heavy atom. The van der Waals surface area contributed by atoms with Crippen molar-refractivity contribution < 1.29 is 22.7 Å². The van der Waals surface area contributed by atoms with Gasteiger partial charge < -0.3 is 15.4 Å². The lowest BCUT2D eigenvalue weighted by Gasteiger charge is -2.33. The monoisotopic (exact) mass is 334 g/mol. The van der Waals surface area contributed by atoms with Gasteiger partial charge in [0.2, 0.25) is 0 Å². The molecule has 23 heavy (non-hydrogen) atoms. The maximum atomic E-state index is 12.7. The number of carbonyl (C=O) groups excluding carboxylic acids is 1. The molecule has 1 aromatic heterocycles. The van der Waals surface area contributed by atoms with Crippen LogP contribution in [0, 0.1) is 0 Å². The molecule has 2 rings (SSSR count). The van der Waals surface area contributed by atoms with E-state index in [-0.39, 0.29) is 11.9 Å². The van der Waals surface area contributed by atoms with Crippen molar-refractivity contribution in [3.8, 4) is 0 Å². The number of nitrogens with two attached hydrogens (primary N) is 1. The van der Waals surface area contributed by atoms with Crippen molar-refractivity contribution in [2.75, 3.05) is 18.8 Å². The number of hydrogen-bond acceptors (Lipinski definition) is 4. The van der Waals surface area contributed by atoms with Crippen LogP contribution in [0.4, 0.5) is 23.8 Å².